The van der Waals surface area contributed by atoms with Gasteiger partial charge in [-0.25, -0.2) is 0 Å². The smallest absolute Gasteiger partial charge is 0.221 e. The minimum atomic E-state index is -0.125. The maximum Gasteiger partial charge on any atom is 0.221 e. The molecule has 16 heavy (non-hydrogen) atoms. The second-order valence-corrected chi connectivity index (χ2v) is 2.78. The molecule has 1 aromatic carbocycles. The summed E-state index contributed by atoms with van der Waals surface area (Å²) in [6.45, 7) is 5.45. The molecule has 0 unspecified atom stereocenters. The molecule has 0 bridgehead atoms. The Bertz CT molecular complexity index is 315. The van der Waals surface area contributed by atoms with E-state index in [-0.39, 0.29) is 5.91 Å². The zero-order valence-corrected chi connectivity index (χ0v) is 10.5. The molecule has 0 aliphatic rings. The molecule has 90 valence electrons. The Hall–Kier alpha value is -1.71. The van der Waals surface area contributed by atoms with Gasteiger partial charge in [0.25, 0.3) is 0 Å². The Kier molecular flexibility index (Phi) is 6.76. The highest BCUT2D eigenvalue weighted by Crippen LogP contribution is 2.25. The molecule has 0 aliphatic heterocycles. The Labute approximate surface area is 96.6 Å². The molecule has 0 heterocycles. The average Bonchev–Trinajstić information content (AvgIpc) is 2.30. The molecule has 0 aliphatic carbocycles. The molecular formula is C12H19NO3. The summed E-state index contributed by atoms with van der Waals surface area (Å²) in [7, 11) is 3.12. The lowest BCUT2D eigenvalue weighted by atomic mass is 10.2. The first-order valence-corrected chi connectivity index (χ1v) is 5.16. The number of benzene rings is 1. The fourth-order valence-corrected chi connectivity index (χ4v) is 1.08. The van der Waals surface area contributed by atoms with Crippen LogP contribution < -0.4 is 14.8 Å². The van der Waals surface area contributed by atoms with Crippen molar-refractivity contribution in [1.82, 2.24) is 0 Å². The second-order valence-electron chi connectivity index (χ2n) is 2.78. The van der Waals surface area contributed by atoms with Crippen LogP contribution in [0.25, 0.3) is 0 Å². The minimum Gasteiger partial charge on any atom is -0.497 e. The van der Waals surface area contributed by atoms with Crippen LogP contribution in [0.2, 0.25) is 0 Å². The summed E-state index contributed by atoms with van der Waals surface area (Å²) >= 11 is 0. The van der Waals surface area contributed by atoms with Crippen molar-refractivity contribution in [3.05, 3.63) is 18.2 Å². The van der Waals surface area contributed by atoms with Gasteiger partial charge in [0.1, 0.15) is 11.5 Å². The van der Waals surface area contributed by atoms with E-state index in [9.17, 15) is 4.79 Å². The van der Waals surface area contributed by atoms with E-state index in [4.69, 9.17) is 9.47 Å². The Morgan fingerprint density at radius 1 is 1.06 bits per heavy atom. The summed E-state index contributed by atoms with van der Waals surface area (Å²) in [6.07, 6.45) is 0. The molecule has 0 saturated carbocycles. The third kappa shape index (κ3) is 4.68. The van der Waals surface area contributed by atoms with E-state index >= 15 is 0 Å². The highest BCUT2D eigenvalue weighted by atomic mass is 16.5. The highest BCUT2D eigenvalue weighted by molar-refractivity contribution is 5.89. The van der Waals surface area contributed by atoms with Gasteiger partial charge < -0.3 is 14.8 Å². The molecule has 0 spiro atoms. The van der Waals surface area contributed by atoms with Crippen molar-refractivity contribution in [2.75, 3.05) is 19.5 Å². The van der Waals surface area contributed by atoms with Crippen LogP contribution in [0.5, 0.6) is 11.5 Å². The lowest BCUT2D eigenvalue weighted by molar-refractivity contribution is -0.114. The predicted molar refractivity (Wildman–Crippen MR) is 65.2 cm³/mol. The van der Waals surface area contributed by atoms with Crippen LogP contribution in [0.4, 0.5) is 5.69 Å². The zero-order chi connectivity index (χ0) is 12.6. The van der Waals surface area contributed by atoms with Crippen molar-refractivity contribution in [2.24, 2.45) is 0 Å². The molecular weight excluding hydrogens is 206 g/mol. The third-order valence-corrected chi connectivity index (χ3v) is 1.67. The largest absolute Gasteiger partial charge is 0.497 e. The van der Waals surface area contributed by atoms with Gasteiger partial charge >= 0.3 is 0 Å². The normalized spacial score (nSPS) is 8.56. The Morgan fingerprint density at radius 3 is 1.81 bits per heavy atom. The number of carbonyl (C=O) groups is 1. The number of amides is 1. The van der Waals surface area contributed by atoms with Crippen molar-refractivity contribution in [3.8, 4) is 11.5 Å². The van der Waals surface area contributed by atoms with Gasteiger partial charge in [0.15, 0.2) is 0 Å². The molecule has 0 saturated heterocycles. The van der Waals surface area contributed by atoms with Crippen molar-refractivity contribution in [2.45, 2.75) is 20.8 Å². The van der Waals surface area contributed by atoms with E-state index in [1.54, 1.807) is 32.4 Å². The first kappa shape index (κ1) is 14.3. The maximum absolute atomic E-state index is 10.8. The van der Waals surface area contributed by atoms with Crippen LogP contribution in [0.15, 0.2) is 18.2 Å². The van der Waals surface area contributed by atoms with E-state index in [0.29, 0.717) is 17.2 Å². The fraction of sp³-hybridized carbons (Fsp3) is 0.417. The number of methoxy groups -OCH3 is 2. The first-order valence-electron chi connectivity index (χ1n) is 5.16. The van der Waals surface area contributed by atoms with E-state index < -0.39 is 0 Å². The van der Waals surface area contributed by atoms with E-state index in [1.807, 2.05) is 13.8 Å². The van der Waals surface area contributed by atoms with Crippen LogP contribution >= 0.6 is 0 Å². The van der Waals surface area contributed by atoms with Crippen molar-refractivity contribution < 1.29 is 14.3 Å². The molecule has 4 heteroatoms. The fourth-order valence-electron chi connectivity index (χ4n) is 1.08. The SMILES string of the molecule is CC.COc1cc(NC(C)=O)cc(OC)c1. The summed E-state index contributed by atoms with van der Waals surface area (Å²) < 4.78 is 10.1. The molecule has 4 nitrogen and oxygen atoms in total. The van der Waals surface area contributed by atoms with Crippen LogP contribution in [0.1, 0.15) is 20.8 Å². The van der Waals surface area contributed by atoms with Gasteiger partial charge in [-0.05, 0) is 0 Å². The lowest BCUT2D eigenvalue weighted by Gasteiger charge is -2.08. The lowest BCUT2D eigenvalue weighted by Crippen LogP contribution is -2.05. The number of rotatable bonds is 3. The third-order valence-electron chi connectivity index (χ3n) is 1.67. The van der Waals surface area contributed by atoms with Crippen LogP contribution in [-0.2, 0) is 4.79 Å². The monoisotopic (exact) mass is 225 g/mol. The molecule has 1 rings (SSSR count). The highest BCUT2D eigenvalue weighted by Gasteiger charge is 2.02. The van der Waals surface area contributed by atoms with Gasteiger partial charge in [-0.1, -0.05) is 13.8 Å². The summed E-state index contributed by atoms with van der Waals surface area (Å²) in [5, 5.41) is 2.66. The quantitative estimate of drug-likeness (QED) is 0.860. The van der Waals surface area contributed by atoms with Crippen molar-refractivity contribution in [3.63, 3.8) is 0 Å². The van der Waals surface area contributed by atoms with Gasteiger partial charge in [-0.2, -0.15) is 0 Å². The van der Waals surface area contributed by atoms with Gasteiger partial charge in [-0.3, -0.25) is 4.79 Å². The molecule has 1 amide bonds. The van der Waals surface area contributed by atoms with Crippen LogP contribution in [0, 0.1) is 0 Å². The number of nitrogens with one attached hydrogen (secondary N) is 1. The van der Waals surface area contributed by atoms with Crippen LogP contribution in [-0.4, -0.2) is 20.1 Å². The summed E-state index contributed by atoms with van der Waals surface area (Å²) in [4.78, 5) is 10.8. The number of ether oxygens (including phenoxy) is 2. The number of hydrogen-bond acceptors (Lipinski definition) is 3. The predicted octanol–water partition coefficient (Wildman–Crippen LogP) is 2.69. The Balaban J connectivity index is 0.00000106. The summed E-state index contributed by atoms with van der Waals surface area (Å²) in [5.41, 5.74) is 0.661. The van der Waals surface area contributed by atoms with Gasteiger partial charge in [0, 0.05) is 30.8 Å². The molecule has 0 aromatic heterocycles. The number of anilines is 1. The van der Waals surface area contributed by atoms with Gasteiger partial charge in [-0.15, -0.1) is 0 Å². The zero-order valence-electron chi connectivity index (χ0n) is 10.5. The van der Waals surface area contributed by atoms with E-state index in [1.165, 1.54) is 6.92 Å². The average molecular weight is 225 g/mol. The molecule has 1 N–H and O–H groups in total. The standard InChI is InChI=1S/C10H13NO3.C2H6/c1-7(12)11-8-4-9(13-2)6-10(5-8)14-3;1-2/h4-6H,1-3H3,(H,11,12);1-2H3. The molecule has 0 fully saturated rings. The van der Waals surface area contributed by atoms with E-state index in [0.717, 1.165) is 0 Å². The summed E-state index contributed by atoms with van der Waals surface area (Å²) in [5.74, 6) is 1.17. The Morgan fingerprint density at radius 2 is 1.50 bits per heavy atom. The van der Waals surface area contributed by atoms with Gasteiger partial charge in [0.05, 0.1) is 14.2 Å². The maximum atomic E-state index is 10.8. The van der Waals surface area contributed by atoms with Crippen LogP contribution in [0.3, 0.4) is 0 Å². The molecule has 0 radical (unpaired) electrons. The molecule has 1 aromatic rings. The number of carbonyl (C=O) groups excluding carboxylic acids is 1. The first-order chi connectivity index (χ1) is 7.65. The van der Waals surface area contributed by atoms with Crippen molar-refractivity contribution in [1.29, 1.82) is 0 Å². The topological polar surface area (TPSA) is 47.6 Å². The number of hydrogen-bond donors (Lipinski definition) is 1. The summed E-state index contributed by atoms with van der Waals surface area (Å²) in [6, 6.07) is 5.19. The second kappa shape index (κ2) is 7.56. The molecule has 0 atom stereocenters. The minimum absolute atomic E-state index is 0.125. The van der Waals surface area contributed by atoms with E-state index in [2.05, 4.69) is 5.32 Å². The van der Waals surface area contributed by atoms with Gasteiger partial charge in [0.2, 0.25) is 5.91 Å². The van der Waals surface area contributed by atoms with Crippen molar-refractivity contribution >= 4 is 11.6 Å².